The molecule has 1 amide bonds. The minimum absolute atomic E-state index is 0.180. The minimum atomic E-state index is 0.180. The summed E-state index contributed by atoms with van der Waals surface area (Å²) in [6.07, 6.45) is 3.70. The second-order valence-electron chi connectivity index (χ2n) is 6.07. The van der Waals surface area contributed by atoms with Gasteiger partial charge in [0.05, 0.1) is 11.6 Å². The van der Waals surface area contributed by atoms with E-state index >= 15 is 0 Å². The van der Waals surface area contributed by atoms with Crippen molar-refractivity contribution in [3.8, 4) is 0 Å². The van der Waals surface area contributed by atoms with E-state index in [2.05, 4.69) is 25.7 Å². The van der Waals surface area contributed by atoms with Crippen LogP contribution in [0, 0.1) is 0 Å². The lowest BCUT2D eigenvalue weighted by atomic mass is 10.1. The van der Waals surface area contributed by atoms with Crippen LogP contribution in [0.3, 0.4) is 0 Å². The predicted molar refractivity (Wildman–Crippen MR) is 96.6 cm³/mol. The molecule has 5 heteroatoms. The highest BCUT2D eigenvalue weighted by Gasteiger charge is 2.29. The second kappa shape index (κ2) is 7.84. The third-order valence-electron chi connectivity index (χ3n) is 4.47. The van der Waals surface area contributed by atoms with Gasteiger partial charge in [-0.15, -0.1) is 0 Å². The molecular formula is C17H23BrN2OS. The number of thioether (sulfide) groups is 1. The monoisotopic (exact) mass is 382 g/mol. The summed E-state index contributed by atoms with van der Waals surface area (Å²) in [5, 5.41) is 0. The maximum Gasteiger partial charge on any atom is 0.255 e. The Balaban J connectivity index is 1.77. The van der Waals surface area contributed by atoms with Crippen LogP contribution in [0.15, 0.2) is 28.7 Å². The summed E-state index contributed by atoms with van der Waals surface area (Å²) in [5.41, 5.74) is 0.792. The zero-order valence-electron chi connectivity index (χ0n) is 12.8. The third kappa shape index (κ3) is 3.87. The molecule has 1 atom stereocenters. The zero-order chi connectivity index (χ0) is 15.4. The molecular weight excluding hydrogens is 360 g/mol. The van der Waals surface area contributed by atoms with Crippen LogP contribution >= 0.6 is 27.7 Å². The van der Waals surface area contributed by atoms with Crippen LogP contribution in [0.4, 0.5) is 0 Å². The molecule has 2 aliphatic rings. The van der Waals surface area contributed by atoms with Gasteiger partial charge in [0.15, 0.2) is 0 Å². The molecule has 1 aromatic carbocycles. The van der Waals surface area contributed by atoms with E-state index in [4.69, 9.17) is 0 Å². The molecule has 3 rings (SSSR count). The van der Waals surface area contributed by atoms with Gasteiger partial charge in [-0.2, -0.15) is 11.8 Å². The van der Waals surface area contributed by atoms with Crippen LogP contribution in [0.25, 0.3) is 0 Å². The van der Waals surface area contributed by atoms with Crippen molar-refractivity contribution in [2.24, 2.45) is 0 Å². The molecule has 22 heavy (non-hydrogen) atoms. The Kier molecular flexibility index (Phi) is 5.83. The Labute approximate surface area is 145 Å². The topological polar surface area (TPSA) is 23.6 Å². The number of amides is 1. The summed E-state index contributed by atoms with van der Waals surface area (Å²) < 4.78 is 0.900. The Hall–Kier alpha value is -0.520. The van der Waals surface area contributed by atoms with Gasteiger partial charge in [0.1, 0.15) is 0 Å². The van der Waals surface area contributed by atoms with Crippen LogP contribution in [0.2, 0.25) is 0 Å². The van der Waals surface area contributed by atoms with Crippen molar-refractivity contribution >= 4 is 33.6 Å². The largest absolute Gasteiger partial charge is 0.333 e. The smallest absolute Gasteiger partial charge is 0.255 e. The first-order chi connectivity index (χ1) is 10.8. The molecule has 2 aliphatic heterocycles. The molecule has 0 N–H and O–H groups in total. The Morgan fingerprint density at radius 3 is 2.73 bits per heavy atom. The molecule has 1 unspecified atom stereocenters. The van der Waals surface area contributed by atoms with Gasteiger partial charge < -0.3 is 9.80 Å². The molecule has 0 aliphatic carbocycles. The van der Waals surface area contributed by atoms with E-state index in [-0.39, 0.29) is 5.91 Å². The van der Waals surface area contributed by atoms with Gasteiger partial charge in [-0.05, 0) is 66.2 Å². The van der Waals surface area contributed by atoms with Crippen LogP contribution in [-0.4, -0.2) is 59.4 Å². The average Bonchev–Trinajstić information content (AvgIpc) is 2.92. The number of hydrogen-bond acceptors (Lipinski definition) is 3. The van der Waals surface area contributed by atoms with E-state index in [9.17, 15) is 4.79 Å². The number of benzene rings is 1. The lowest BCUT2D eigenvalue weighted by Gasteiger charge is -2.33. The molecule has 0 aromatic heterocycles. The molecule has 0 saturated carbocycles. The van der Waals surface area contributed by atoms with Crippen LogP contribution in [0.5, 0.6) is 0 Å². The van der Waals surface area contributed by atoms with Crippen molar-refractivity contribution in [3.05, 3.63) is 34.3 Å². The molecule has 0 bridgehead atoms. The summed E-state index contributed by atoms with van der Waals surface area (Å²) in [5.74, 6) is 2.40. The second-order valence-corrected chi connectivity index (χ2v) is 8.07. The standard InChI is InChI=1S/C17H23BrN2OS/c18-16-7-2-1-6-15(16)17(21)20-10-5-11-22-13-14(20)12-19-8-3-4-9-19/h1-2,6-7,14H,3-5,8-13H2. The Morgan fingerprint density at radius 1 is 1.18 bits per heavy atom. The molecule has 2 heterocycles. The van der Waals surface area contributed by atoms with E-state index in [1.807, 2.05) is 36.0 Å². The fourth-order valence-corrected chi connectivity index (χ4v) is 4.81. The summed E-state index contributed by atoms with van der Waals surface area (Å²) in [7, 11) is 0. The lowest BCUT2D eigenvalue weighted by molar-refractivity contribution is 0.0665. The highest BCUT2D eigenvalue weighted by molar-refractivity contribution is 9.10. The molecule has 1 aromatic rings. The van der Waals surface area contributed by atoms with Crippen molar-refractivity contribution in [1.82, 2.24) is 9.80 Å². The molecule has 120 valence electrons. The Morgan fingerprint density at radius 2 is 1.95 bits per heavy atom. The quantitative estimate of drug-likeness (QED) is 0.798. The summed E-state index contributed by atoms with van der Waals surface area (Å²) in [4.78, 5) is 17.7. The van der Waals surface area contributed by atoms with Crippen LogP contribution in [0.1, 0.15) is 29.6 Å². The highest BCUT2D eigenvalue weighted by Crippen LogP contribution is 2.24. The number of likely N-dealkylation sites (tertiary alicyclic amines) is 1. The summed E-state index contributed by atoms with van der Waals surface area (Å²) >= 11 is 5.52. The number of hydrogen-bond donors (Lipinski definition) is 0. The van der Waals surface area contributed by atoms with Crippen LogP contribution < -0.4 is 0 Å². The fourth-order valence-electron chi connectivity index (χ4n) is 3.30. The highest BCUT2D eigenvalue weighted by atomic mass is 79.9. The van der Waals surface area contributed by atoms with E-state index in [1.165, 1.54) is 25.9 Å². The third-order valence-corrected chi connectivity index (χ3v) is 6.36. The van der Waals surface area contributed by atoms with Crippen molar-refractivity contribution in [1.29, 1.82) is 0 Å². The average molecular weight is 383 g/mol. The first kappa shape index (κ1) is 16.3. The summed E-state index contributed by atoms with van der Waals surface area (Å²) in [6, 6.07) is 8.12. The predicted octanol–water partition coefficient (Wildman–Crippen LogP) is 3.49. The van der Waals surface area contributed by atoms with Gasteiger partial charge >= 0.3 is 0 Å². The number of carbonyl (C=O) groups excluding carboxylic acids is 1. The first-order valence-corrected chi connectivity index (χ1v) is 10.1. The van der Waals surface area contributed by atoms with Gasteiger partial charge in [-0.25, -0.2) is 0 Å². The fraction of sp³-hybridized carbons (Fsp3) is 0.588. The van der Waals surface area contributed by atoms with Gasteiger partial charge in [-0.1, -0.05) is 12.1 Å². The Bertz CT molecular complexity index is 519. The molecule has 0 spiro atoms. The van der Waals surface area contributed by atoms with E-state index in [0.717, 1.165) is 41.1 Å². The maximum atomic E-state index is 13.0. The summed E-state index contributed by atoms with van der Waals surface area (Å²) in [6.45, 7) is 4.30. The molecule has 2 fully saturated rings. The lowest BCUT2D eigenvalue weighted by Crippen LogP contribution is -2.47. The van der Waals surface area contributed by atoms with Gasteiger partial charge in [0.25, 0.3) is 5.91 Å². The van der Waals surface area contributed by atoms with Crippen molar-refractivity contribution in [3.63, 3.8) is 0 Å². The van der Waals surface area contributed by atoms with E-state index in [0.29, 0.717) is 6.04 Å². The van der Waals surface area contributed by atoms with Crippen LogP contribution in [-0.2, 0) is 0 Å². The van der Waals surface area contributed by atoms with Gasteiger partial charge in [-0.3, -0.25) is 4.79 Å². The van der Waals surface area contributed by atoms with Crippen molar-refractivity contribution in [2.75, 3.05) is 37.7 Å². The normalized spacial score (nSPS) is 23.5. The first-order valence-electron chi connectivity index (χ1n) is 8.11. The molecule has 2 saturated heterocycles. The van der Waals surface area contributed by atoms with E-state index in [1.54, 1.807) is 0 Å². The number of halogens is 1. The zero-order valence-corrected chi connectivity index (χ0v) is 15.2. The van der Waals surface area contributed by atoms with Gasteiger partial charge in [0.2, 0.25) is 0 Å². The van der Waals surface area contributed by atoms with E-state index < -0.39 is 0 Å². The molecule has 3 nitrogen and oxygen atoms in total. The number of rotatable bonds is 3. The SMILES string of the molecule is O=C(c1ccccc1Br)N1CCCSCC1CN1CCCC1. The molecule has 0 radical (unpaired) electrons. The number of nitrogens with zero attached hydrogens (tertiary/aromatic N) is 2. The van der Waals surface area contributed by atoms with Crippen molar-refractivity contribution in [2.45, 2.75) is 25.3 Å². The number of carbonyl (C=O) groups is 1. The minimum Gasteiger partial charge on any atom is -0.333 e. The maximum absolute atomic E-state index is 13.0. The van der Waals surface area contributed by atoms with Crippen molar-refractivity contribution < 1.29 is 4.79 Å². The van der Waals surface area contributed by atoms with Gasteiger partial charge in [0, 0.05) is 23.3 Å².